The number of hydrogen-bond donors (Lipinski definition) is 1. The lowest BCUT2D eigenvalue weighted by atomic mass is 9.78. The molecule has 0 aliphatic rings. The maximum Gasteiger partial charge on any atom is 0.308 e. The van der Waals surface area contributed by atoms with Crippen molar-refractivity contribution in [3.63, 3.8) is 0 Å². The van der Waals surface area contributed by atoms with E-state index in [-0.39, 0.29) is 46.9 Å². The standard InChI is InChI=1S/C43H83NO9Si3/c1-19-56(20-2,21-3)53-38(43(10,11)37(45)27-28-51-54(15,16)41(4,5)6)31-39-44-35(32-50-39)36(48-13)26-24-22-23-25-33(47-12)29-34(30-40(46)49-14)52-55(17,18)42(7,8)9/h22-25,32-34,36-38,45H,19-21,26-31H2,1-18H3/b24-22+,25-23+/t33-,34-,36-,37-,38-/m0/s1. The lowest BCUT2D eigenvalue weighted by molar-refractivity contribution is -0.142. The minimum atomic E-state index is -2.12. The largest absolute Gasteiger partial charge is 0.469 e. The number of aliphatic hydroxyl groups is 1. The normalized spacial score (nSPS) is 16.7. The summed E-state index contributed by atoms with van der Waals surface area (Å²) in [5, 5.41) is 11.8. The zero-order valence-electron chi connectivity index (χ0n) is 38.8. The molecule has 1 heterocycles. The first-order chi connectivity index (χ1) is 25.8. The van der Waals surface area contributed by atoms with Crippen LogP contribution >= 0.6 is 0 Å². The average molecular weight is 842 g/mol. The Bertz CT molecular complexity index is 1330. The van der Waals surface area contributed by atoms with Crippen molar-refractivity contribution in [2.45, 2.75) is 193 Å². The number of rotatable bonds is 26. The first kappa shape index (κ1) is 52.6. The van der Waals surface area contributed by atoms with Gasteiger partial charge in [0.15, 0.2) is 30.8 Å². The molecule has 0 unspecified atom stereocenters. The first-order valence-corrected chi connectivity index (χ1v) is 29.2. The van der Waals surface area contributed by atoms with Crippen LogP contribution in [0.15, 0.2) is 35.0 Å². The van der Waals surface area contributed by atoms with Crippen molar-refractivity contribution in [2.75, 3.05) is 27.9 Å². The molecule has 0 saturated carbocycles. The fourth-order valence-electron chi connectivity index (χ4n) is 6.07. The molecule has 13 heteroatoms. The third-order valence-corrected chi connectivity index (χ3v) is 26.6. The molecule has 56 heavy (non-hydrogen) atoms. The number of hydrogen-bond acceptors (Lipinski definition) is 10. The Morgan fingerprint density at radius 3 is 1.96 bits per heavy atom. The van der Waals surface area contributed by atoms with Crippen molar-refractivity contribution in [3.8, 4) is 0 Å². The third kappa shape index (κ3) is 16.0. The van der Waals surface area contributed by atoms with Crippen molar-refractivity contribution in [3.05, 3.63) is 42.2 Å². The van der Waals surface area contributed by atoms with Gasteiger partial charge < -0.3 is 37.0 Å². The Morgan fingerprint density at radius 1 is 0.875 bits per heavy atom. The van der Waals surface area contributed by atoms with E-state index in [1.807, 2.05) is 24.3 Å². The molecule has 1 rings (SSSR count). The van der Waals surface area contributed by atoms with Gasteiger partial charge in [-0.25, -0.2) is 4.98 Å². The highest BCUT2D eigenvalue weighted by atomic mass is 28.4. The molecule has 1 aromatic heterocycles. The van der Waals surface area contributed by atoms with Gasteiger partial charge in [0.1, 0.15) is 18.1 Å². The monoisotopic (exact) mass is 842 g/mol. The number of aromatic nitrogens is 1. The molecule has 326 valence electrons. The summed E-state index contributed by atoms with van der Waals surface area (Å²) in [6.45, 7) is 33.5. The minimum absolute atomic E-state index is 0.00646. The molecule has 0 bridgehead atoms. The summed E-state index contributed by atoms with van der Waals surface area (Å²) in [7, 11) is -1.37. The second kappa shape index (κ2) is 22.8. The molecule has 0 saturated heterocycles. The van der Waals surface area contributed by atoms with E-state index in [0.29, 0.717) is 43.9 Å². The Balaban J connectivity index is 3.14. The number of methoxy groups -OCH3 is 3. The molecule has 0 aliphatic heterocycles. The average Bonchev–Trinajstić information content (AvgIpc) is 3.57. The number of nitrogens with zero attached hydrogens (tertiary/aromatic N) is 1. The summed E-state index contributed by atoms with van der Waals surface area (Å²) in [4.78, 5) is 17.1. The molecule has 0 aromatic carbocycles. The Kier molecular flexibility index (Phi) is 21.4. The molecule has 0 spiro atoms. The number of aliphatic hydroxyl groups excluding tert-OH is 1. The highest BCUT2D eigenvalue weighted by molar-refractivity contribution is 6.74. The van der Waals surface area contributed by atoms with Crippen molar-refractivity contribution in [2.24, 2.45) is 5.41 Å². The lowest BCUT2D eigenvalue weighted by Crippen LogP contribution is -2.51. The summed E-state index contributed by atoms with van der Waals surface area (Å²) in [6, 6.07) is 3.01. The van der Waals surface area contributed by atoms with Crippen LogP contribution < -0.4 is 0 Å². The molecule has 0 amide bonds. The van der Waals surface area contributed by atoms with E-state index in [0.717, 1.165) is 18.1 Å². The SMILES string of the molecule is CC[Si](CC)(CC)O[C@@H](Cc1nc([C@H](C/C=C/C=C/[C@@H](C[C@@H](CC(=O)OC)O[Si](C)(C)C(C)(C)C)OC)OC)co1)C(C)(C)[C@@H](O)CCO[Si](C)(C)C(C)(C)C. The molecule has 5 atom stereocenters. The van der Waals surface area contributed by atoms with Crippen LogP contribution in [0.4, 0.5) is 0 Å². The molecular weight excluding hydrogens is 759 g/mol. The van der Waals surface area contributed by atoms with Crippen molar-refractivity contribution in [1.29, 1.82) is 0 Å². The molecule has 0 aliphatic carbocycles. The molecule has 1 N–H and O–H groups in total. The van der Waals surface area contributed by atoms with Gasteiger partial charge >= 0.3 is 5.97 Å². The second-order valence-corrected chi connectivity index (χ2v) is 33.3. The van der Waals surface area contributed by atoms with Gasteiger partial charge in [-0.05, 0) is 67.2 Å². The third-order valence-electron chi connectivity index (χ3n) is 12.8. The van der Waals surface area contributed by atoms with Crippen LogP contribution in [0.25, 0.3) is 0 Å². The van der Waals surface area contributed by atoms with Gasteiger partial charge in [-0.3, -0.25) is 4.79 Å². The predicted octanol–water partition coefficient (Wildman–Crippen LogP) is 11.0. The Labute approximate surface area is 345 Å². The lowest BCUT2D eigenvalue weighted by Gasteiger charge is -2.43. The quantitative estimate of drug-likeness (QED) is 0.0548. The second-order valence-electron chi connectivity index (χ2n) is 19.0. The maximum absolute atomic E-state index is 12.2. The Hall–Kier alpha value is -1.43. The maximum atomic E-state index is 12.2. The van der Waals surface area contributed by atoms with Gasteiger partial charge in [-0.2, -0.15) is 0 Å². The van der Waals surface area contributed by atoms with Gasteiger partial charge in [0.25, 0.3) is 0 Å². The number of ether oxygens (including phenoxy) is 3. The fraction of sp³-hybridized carbons (Fsp3) is 0.814. The molecule has 10 nitrogen and oxygen atoms in total. The summed E-state index contributed by atoms with van der Waals surface area (Å²) < 4.78 is 42.9. The van der Waals surface area contributed by atoms with E-state index in [4.69, 9.17) is 36.9 Å². The zero-order chi connectivity index (χ0) is 43.2. The van der Waals surface area contributed by atoms with Crippen LogP contribution in [-0.2, 0) is 38.7 Å². The first-order valence-electron chi connectivity index (χ1n) is 20.9. The van der Waals surface area contributed by atoms with Gasteiger partial charge in [-0.1, -0.05) is 100 Å². The van der Waals surface area contributed by atoms with Crippen molar-refractivity contribution < 1.29 is 41.8 Å². The Morgan fingerprint density at radius 2 is 1.46 bits per heavy atom. The van der Waals surface area contributed by atoms with E-state index in [9.17, 15) is 9.90 Å². The zero-order valence-corrected chi connectivity index (χ0v) is 41.8. The van der Waals surface area contributed by atoms with E-state index in [1.165, 1.54) is 7.11 Å². The van der Waals surface area contributed by atoms with Gasteiger partial charge in [-0.15, -0.1) is 0 Å². The highest BCUT2D eigenvalue weighted by Gasteiger charge is 2.44. The molecule has 0 radical (unpaired) electrons. The molecular formula is C43H83NO9Si3. The highest BCUT2D eigenvalue weighted by Crippen LogP contribution is 2.40. The summed E-state index contributed by atoms with van der Waals surface area (Å²) >= 11 is 0. The minimum Gasteiger partial charge on any atom is -0.469 e. The van der Waals surface area contributed by atoms with Gasteiger partial charge in [0.05, 0.1) is 37.9 Å². The van der Waals surface area contributed by atoms with Crippen LogP contribution in [0.1, 0.15) is 120 Å². The van der Waals surface area contributed by atoms with E-state index in [2.05, 4.69) is 102 Å². The summed E-state index contributed by atoms with van der Waals surface area (Å²) in [6.07, 6.45) is 10.1. The number of allylic oxidation sites excluding steroid dienone is 2. The number of carbonyl (C=O) groups is 1. The van der Waals surface area contributed by atoms with E-state index < -0.39 is 36.5 Å². The summed E-state index contributed by atoms with van der Waals surface area (Å²) in [5.74, 6) is 0.281. The fourth-order valence-corrected chi connectivity index (χ4v) is 11.5. The number of oxazole rings is 1. The van der Waals surface area contributed by atoms with E-state index >= 15 is 0 Å². The van der Waals surface area contributed by atoms with Crippen LogP contribution in [0.2, 0.25) is 54.4 Å². The number of esters is 1. The molecule has 1 aromatic rings. The smallest absolute Gasteiger partial charge is 0.308 e. The van der Waals surface area contributed by atoms with Crippen LogP contribution in [0.3, 0.4) is 0 Å². The van der Waals surface area contributed by atoms with E-state index in [1.54, 1.807) is 20.5 Å². The van der Waals surface area contributed by atoms with Crippen LogP contribution in [0, 0.1) is 5.41 Å². The van der Waals surface area contributed by atoms with Gasteiger partial charge in [0, 0.05) is 39.1 Å². The van der Waals surface area contributed by atoms with Crippen molar-refractivity contribution in [1.82, 2.24) is 4.98 Å². The van der Waals surface area contributed by atoms with Crippen LogP contribution in [-0.4, -0.2) is 93.4 Å². The van der Waals surface area contributed by atoms with Crippen molar-refractivity contribution >= 4 is 30.9 Å². The topological polar surface area (TPSA) is 119 Å². The number of carbonyl (C=O) groups excluding carboxylic acids is 1. The van der Waals surface area contributed by atoms with Gasteiger partial charge in [0.2, 0.25) is 0 Å². The summed E-state index contributed by atoms with van der Waals surface area (Å²) in [5.41, 5.74) is 0.138. The predicted molar refractivity (Wildman–Crippen MR) is 237 cm³/mol. The molecule has 0 fully saturated rings. The van der Waals surface area contributed by atoms with Crippen LogP contribution in [0.5, 0.6) is 0 Å².